The molecule has 0 aliphatic carbocycles. The van der Waals surface area contributed by atoms with Crippen LogP contribution in [0.25, 0.3) is 16.8 Å². The highest BCUT2D eigenvalue weighted by Crippen LogP contribution is 2.44. The molecule has 3 aromatic carbocycles. The van der Waals surface area contributed by atoms with Crippen LogP contribution in [0.2, 0.25) is 10.0 Å². The average Bonchev–Trinajstić information content (AvgIpc) is 3.31. The van der Waals surface area contributed by atoms with Gasteiger partial charge in [0.25, 0.3) is 0 Å². The SMILES string of the molecule is CCCC(C)(c1c(Cl)cccc1Cl)c1nc(C(C)(C)O)cn1-c1ccc(-c2cccc(S(C)(=O)=O)c2)cc1. The van der Waals surface area contributed by atoms with Crippen LogP contribution in [0.4, 0.5) is 0 Å². The van der Waals surface area contributed by atoms with Crippen molar-refractivity contribution in [2.75, 3.05) is 6.26 Å². The molecule has 200 valence electrons. The molecule has 0 aliphatic rings. The summed E-state index contributed by atoms with van der Waals surface area (Å²) in [4.78, 5) is 5.23. The van der Waals surface area contributed by atoms with Gasteiger partial charge in [-0.3, -0.25) is 0 Å². The Bertz CT molecular complexity index is 1550. The molecule has 1 unspecified atom stereocenters. The van der Waals surface area contributed by atoms with Crippen molar-refractivity contribution in [2.24, 2.45) is 0 Å². The lowest BCUT2D eigenvalue weighted by Gasteiger charge is -2.32. The number of rotatable bonds is 8. The number of hydrogen-bond donors (Lipinski definition) is 1. The van der Waals surface area contributed by atoms with Crippen LogP contribution in [-0.2, 0) is 20.9 Å². The Kier molecular flexibility index (Phi) is 7.84. The van der Waals surface area contributed by atoms with Crippen LogP contribution in [0, 0.1) is 0 Å². The molecule has 0 bridgehead atoms. The zero-order valence-electron chi connectivity index (χ0n) is 22.2. The van der Waals surface area contributed by atoms with Crippen LogP contribution in [0.3, 0.4) is 0 Å². The molecular weight excluding hydrogens is 539 g/mol. The minimum Gasteiger partial charge on any atom is -0.384 e. The van der Waals surface area contributed by atoms with E-state index >= 15 is 0 Å². The topological polar surface area (TPSA) is 72.2 Å². The average molecular weight is 572 g/mol. The van der Waals surface area contributed by atoms with Crippen LogP contribution in [0.1, 0.15) is 57.6 Å². The molecule has 0 spiro atoms. The summed E-state index contributed by atoms with van der Waals surface area (Å²) in [7, 11) is -3.31. The normalized spacial score (nSPS) is 13.9. The highest BCUT2D eigenvalue weighted by Gasteiger charge is 2.38. The number of nitrogens with zero attached hydrogens (tertiary/aromatic N) is 2. The summed E-state index contributed by atoms with van der Waals surface area (Å²) in [5, 5.41) is 12.0. The molecule has 1 heterocycles. The van der Waals surface area contributed by atoms with Gasteiger partial charge in [-0.1, -0.05) is 66.9 Å². The summed E-state index contributed by atoms with van der Waals surface area (Å²) >= 11 is 13.4. The number of halogens is 2. The van der Waals surface area contributed by atoms with Gasteiger partial charge in [-0.05, 0) is 74.7 Å². The molecule has 0 aliphatic heterocycles. The number of imidazole rings is 1. The van der Waals surface area contributed by atoms with E-state index in [4.69, 9.17) is 28.2 Å². The van der Waals surface area contributed by atoms with Gasteiger partial charge < -0.3 is 9.67 Å². The van der Waals surface area contributed by atoms with Gasteiger partial charge in [-0.25, -0.2) is 13.4 Å². The fourth-order valence-corrected chi connectivity index (χ4v) is 6.34. The van der Waals surface area contributed by atoms with Crippen LogP contribution in [-0.4, -0.2) is 29.3 Å². The lowest BCUT2D eigenvalue weighted by Crippen LogP contribution is -2.29. The first-order valence-corrected chi connectivity index (χ1v) is 15.1. The molecule has 0 fully saturated rings. The van der Waals surface area contributed by atoms with Crippen molar-refractivity contribution in [1.29, 1.82) is 0 Å². The van der Waals surface area contributed by atoms with Gasteiger partial charge in [0, 0.05) is 33.7 Å². The molecule has 0 radical (unpaired) electrons. The van der Waals surface area contributed by atoms with E-state index in [1.54, 1.807) is 32.0 Å². The molecule has 4 aromatic rings. The number of sulfone groups is 1. The minimum absolute atomic E-state index is 0.276. The molecule has 38 heavy (non-hydrogen) atoms. The summed E-state index contributed by atoms with van der Waals surface area (Å²) in [6.45, 7) is 7.61. The lowest BCUT2D eigenvalue weighted by molar-refractivity contribution is 0.0740. The summed E-state index contributed by atoms with van der Waals surface area (Å²) < 4.78 is 26.1. The van der Waals surface area contributed by atoms with Crippen molar-refractivity contribution in [3.8, 4) is 16.8 Å². The molecule has 0 saturated heterocycles. The summed E-state index contributed by atoms with van der Waals surface area (Å²) in [5.41, 5.74) is 2.06. The smallest absolute Gasteiger partial charge is 0.175 e. The van der Waals surface area contributed by atoms with Crippen molar-refractivity contribution in [2.45, 2.75) is 56.4 Å². The maximum absolute atomic E-state index is 12.0. The third kappa shape index (κ3) is 5.55. The second-order valence-corrected chi connectivity index (χ2v) is 13.2. The first kappa shape index (κ1) is 28.4. The molecule has 0 saturated carbocycles. The second-order valence-electron chi connectivity index (χ2n) is 10.4. The van der Waals surface area contributed by atoms with E-state index in [0.717, 1.165) is 41.0 Å². The van der Waals surface area contributed by atoms with Crippen molar-refractivity contribution < 1.29 is 13.5 Å². The van der Waals surface area contributed by atoms with Crippen LogP contribution in [0.5, 0.6) is 0 Å². The predicted octanol–water partition coefficient (Wildman–Crippen LogP) is 7.58. The predicted molar refractivity (Wildman–Crippen MR) is 155 cm³/mol. The third-order valence-electron chi connectivity index (χ3n) is 6.83. The summed E-state index contributed by atoms with van der Waals surface area (Å²) in [5.74, 6) is 0.721. The van der Waals surface area contributed by atoms with E-state index in [0.29, 0.717) is 15.7 Å². The Morgan fingerprint density at radius 2 is 1.53 bits per heavy atom. The molecule has 4 rings (SSSR count). The van der Waals surface area contributed by atoms with Crippen molar-refractivity contribution in [3.63, 3.8) is 0 Å². The highest BCUT2D eigenvalue weighted by molar-refractivity contribution is 7.90. The first-order valence-electron chi connectivity index (χ1n) is 12.4. The first-order chi connectivity index (χ1) is 17.8. The van der Waals surface area contributed by atoms with Gasteiger partial charge in [-0.15, -0.1) is 0 Å². The van der Waals surface area contributed by atoms with Crippen LogP contribution in [0.15, 0.2) is 77.8 Å². The van der Waals surface area contributed by atoms with E-state index in [-0.39, 0.29) is 4.90 Å². The molecule has 1 aromatic heterocycles. The van der Waals surface area contributed by atoms with Crippen molar-refractivity contribution in [1.82, 2.24) is 9.55 Å². The van der Waals surface area contributed by atoms with Gasteiger partial charge in [-0.2, -0.15) is 0 Å². The van der Waals surface area contributed by atoms with Crippen molar-refractivity contribution in [3.05, 3.63) is 100 Å². The largest absolute Gasteiger partial charge is 0.384 e. The fraction of sp³-hybridized carbons (Fsp3) is 0.300. The maximum atomic E-state index is 12.0. The zero-order valence-corrected chi connectivity index (χ0v) is 24.5. The summed E-state index contributed by atoms with van der Waals surface area (Å²) in [6.07, 6.45) is 4.65. The molecule has 1 atom stereocenters. The van der Waals surface area contributed by atoms with Crippen LogP contribution < -0.4 is 0 Å². The Morgan fingerprint density at radius 3 is 2.08 bits per heavy atom. The zero-order chi connectivity index (χ0) is 27.9. The highest BCUT2D eigenvalue weighted by atomic mass is 35.5. The van der Waals surface area contributed by atoms with E-state index in [2.05, 4.69) is 13.8 Å². The minimum atomic E-state index is -3.31. The molecule has 1 N–H and O–H groups in total. The molecule has 0 amide bonds. The fourth-order valence-electron chi connectivity index (χ4n) is 4.86. The Labute approximate surface area is 235 Å². The summed E-state index contributed by atoms with van der Waals surface area (Å²) in [6, 6.07) is 20.2. The second kappa shape index (κ2) is 10.5. The van der Waals surface area contributed by atoms with Gasteiger partial charge in [0.1, 0.15) is 11.4 Å². The molecular formula is C30H32Cl2N2O3S. The number of aromatic nitrogens is 2. The number of hydrogen-bond acceptors (Lipinski definition) is 4. The van der Waals surface area contributed by atoms with E-state index in [1.165, 1.54) is 6.26 Å². The van der Waals surface area contributed by atoms with E-state index in [9.17, 15) is 13.5 Å². The maximum Gasteiger partial charge on any atom is 0.175 e. The van der Waals surface area contributed by atoms with Gasteiger partial charge in [0.15, 0.2) is 9.84 Å². The van der Waals surface area contributed by atoms with E-state index in [1.807, 2.05) is 59.3 Å². The van der Waals surface area contributed by atoms with E-state index < -0.39 is 20.9 Å². The van der Waals surface area contributed by atoms with Crippen molar-refractivity contribution >= 4 is 33.0 Å². The third-order valence-corrected chi connectivity index (χ3v) is 8.57. The quantitative estimate of drug-likeness (QED) is 0.237. The Hall–Kier alpha value is -2.64. The van der Waals surface area contributed by atoms with Gasteiger partial charge in [0.05, 0.1) is 16.0 Å². The Morgan fingerprint density at radius 1 is 0.921 bits per heavy atom. The molecule has 5 nitrogen and oxygen atoms in total. The molecule has 8 heteroatoms. The Balaban J connectivity index is 1.89. The standard InChI is InChI=1S/C30H32Cl2N2O3S/c1-6-17-30(4,27-24(31)11-8-12-25(27)32)28-33-26(29(2,3)35)19-34(28)22-15-13-20(14-16-22)21-9-7-10-23(18-21)38(5,36)37/h7-16,18-19,35H,6,17H2,1-5H3. The number of aliphatic hydroxyl groups is 1. The lowest BCUT2D eigenvalue weighted by atomic mass is 9.77. The van der Waals surface area contributed by atoms with Gasteiger partial charge in [0.2, 0.25) is 0 Å². The van der Waals surface area contributed by atoms with Crippen LogP contribution >= 0.6 is 23.2 Å². The monoisotopic (exact) mass is 570 g/mol. The number of benzene rings is 3. The van der Waals surface area contributed by atoms with Gasteiger partial charge >= 0.3 is 0 Å².